The molecule has 0 fully saturated rings. The van der Waals surface area contributed by atoms with Gasteiger partial charge < -0.3 is 14.8 Å². The molecule has 3 aromatic rings. The van der Waals surface area contributed by atoms with E-state index in [2.05, 4.69) is 5.32 Å². The number of hydrogen-bond donors (Lipinski definition) is 1. The molecule has 3 aromatic carbocycles. The van der Waals surface area contributed by atoms with Gasteiger partial charge in [0.25, 0.3) is 10.0 Å². The van der Waals surface area contributed by atoms with Gasteiger partial charge in [-0.05, 0) is 68.3 Å². The fraction of sp³-hybridized carbons (Fsp3) is 0.240. The highest BCUT2D eigenvalue weighted by atomic mass is 32.2. The molecule has 0 spiro atoms. The molecule has 174 valence electrons. The lowest BCUT2D eigenvalue weighted by atomic mass is 10.1. The van der Waals surface area contributed by atoms with Gasteiger partial charge in [-0.25, -0.2) is 8.42 Å². The minimum Gasteiger partial charge on any atom is -0.497 e. The van der Waals surface area contributed by atoms with E-state index in [-0.39, 0.29) is 4.90 Å². The molecule has 33 heavy (non-hydrogen) atoms. The summed E-state index contributed by atoms with van der Waals surface area (Å²) in [5.74, 6) is 0.470. The van der Waals surface area contributed by atoms with Gasteiger partial charge in [-0.3, -0.25) is 9.10 Å². The lowest BCUT2D eigenvalue weighted by Crippen LogP contribution is -2.38. The lowest BCUT2D eigenvalue weighted by Gasteiger charge is -2.25. The molecule has 1 amide bonds. The molecule has 0 radical (unpaired) electrons. The molecule has 0 saturated carbocycles. The zero-order chi connectivity index (χ0) is 24.2. The van der Waals surface area contributed by atoms with Crippen LogP contribution in [0, 0.1) is 20.8 Å². The van der Waals surface area contributed by atoms with Gasteiger partial charge in [0.1, 0.15) is 18.0 Å². The first-order chi connectivity index (χ1) is 15.6. The number of amides is 1. The number of sulfonamides is 1. The van der Waals surface area contributed by atoms with Crippen molar-refractivity contribution in [3.05, 3.63) is 77.4 Å². The number of hydrogen-bond acceptors (Lipinski definition) is 5. The highest BCUT2D eigenvalue weighted by molar-refractivity contribution is 7.92. The number of carbonyl (C=O) groups is 1. The van der Waals surface area contributed by atoms with Crippen LogP contribution >= 0.6 is 0 Å². The van der Waals surface area contributed by atoms with Gasteiger partial charge in [0.2, 0.25) is 5.91 Å². The molecule has 0 saturated heterocycles. The summed E-state index contributed by atoms with van der Waals surface area (Å²) in [6, 6.07) is 16.8. The highest BCUT2D eigenvalue weighted by Gasteiger charge is 2.28. The van der Waals surface area contributed by atoms with Crippen LogP contribution in [0.5, 0.6) is 11.5 Å². The molecule has 8 heteroatoms. The van der Waals surface area contributed by atoms with E-state index in [4.69, 9.17) is 9.47 Å². The van der Waals surface area contributed by atoms with Crippen molar-refractivity contribution >= 4 is 27.3 Å². The van der Waals surface area contributed by atoms with Crippen LogP contribution in [0.2, 0.25) is 0 Å². The van der Waals surface area contributed by atoms with Crippen LogP contribution < -0.4 is 19.1 Å². The van der Waals surface area contributed by atoms with E-state index >= 15 is 0 Å². The van der Waals surface area contributed by atoms with Crippen molar-refractivity contribution in [1.82, 2.24) is 0 Å². The highest BCUT2D eigenvalue weighted by Crippen LogP contribution is 2.30. The van der Waals surface area contributed by atoms with Crippen LogP contribution in [0.15, 0.2) is 65.6 Å². The number of anilines is 2. The molecule has 0 unspecified atom stereocenters. The molecule has 0 heterocycles. The van der Waals surface area contributed by atoms with Crippen molar-refractivity contribution in [2.45, 2.75) is 25.7 Å². The maximum absolute atomic E-state index is 13.5. The third-order valence-corrected chi connectivity index (χ3v) is 7.15. The van der Waals surface area contributed by atoms with Crippen LogP contribution in [0.3, 0.4) is 0 Å². The van der Waals surface area contributed by atoms with Crippen molar-refractivity contribution in [2.24, 2.45) is 0 Å². The summed E-state index contributed by atoms with van der Waals surface area (Å²) in [6.45, 7) is 5.32. The molecule has 0 aromatic heterocycles. The van der Waals surface area contributed by atoms with Gasteiger partial charge in [-0.2, -0.15) is 0 Å². The van der Waals surface area contributed by atoms with Crippen LogP contribution in [0.4, 0.5) is 11.4 Å². The lowest BCUT2D eigenvalue weighted by molar-refractivity contribution is -0.114. The largest absolute Gasteiger partial charge is 0.497 e. The van der Waals surface area contributed by atoms with Gasteiger partial charge in [-0.1, -0.05) is 23.8 Å². The predicted molar refractivity (Wildman–Crippen MR) is 130 cm³/mol. The number of nitrogens with one attached hydrogen (secondary N) is 1. The normalized spacial score (nSPS) is 11.1. The molecule has 3 rings (SSSR count). The zero-order valence-corrected chi connectivity index (χ0v) is 20.2. The number of ether oxygens (including phenoxy) is 2. The van der Waals surface area contributed by atoms with E-state index in [0.29, 0.717) is 22.9 Å². The van der Waals surface area contributed by atoms with E-state index in [1.54, 1.807) is 54.6 Å². The third kappa shape index (κ3) is 5.46. The van der Waals surface area contributed by atoms with Gasteiger partial charge in [0.15, 0.2) is 0 Å². The maximum atomic E-state index is 13.5. The van der Waals surface area contributed by atoms with Crippen molar-refractivity contribution in [1.29, 1.82) is 0 Å². The summed E-state index contributed by atoms with van der Waals surface area (Å²) in [6.07, 6.45) is 0. The average Bonchev–Trinajstić information content (AvgIpc) is 2.80. The Hall–Kier alpha value is -3.52. The van der Waals surface area contributed by atoms with Crippen molar-refractivity contribution in [2.75, 3.05) is 30.4 Å². The standard InChI is InChI=1S/C25H28N2O5S/c1-17-6-11-22(12-7-17)33(29,30)27(20-9-8-18(2)19(3)14-20)16-25(28)26-23-13-10-21(31-4)15-24(23)32-5/h6-15H,16H2,1-5H3,(H,26,28). The second kappa shape index (κ2) is 9.95. The molecule has 1 N–H and O–H groups in total. The first kappa shape index (κ1) is 24.1. The molecule has 0 aliphatic heterocycles. The van der Waals surface area contributed by atoms with Crippen molar-refractivity contribution in [3.8, 4) is 11.5 Å². The van der Waals surface area contributed by atoms with Gasteiger partial charge in [0, 0.05) is 6.07 Å². The van der Waals surface area contributed by atoms with Crippen molar-refractivity contribution < 1.29 is 22.7 Å². The topological polar surface area (TPSA) is 84.9 Å². The Labute approximate surface area is 195 Å². The second-order valence-corrected chi connectivity index (χ2v) is 9.57. The van der Waals surface area contributed by atoms with Crippen molar-refractivity contribution in [3.63, 3.8) is 0 Å². The second-order valence-electron chi connectivity index (χ2n) is 7.71. The summed E-state index contributed by atoms with van der Waals surface area (Å²) in [5, 5.41) is 2.75. The summed E-state index contributed by atoms with van der Waals surface area (Å²) in [5.41, 5.74) is 3.72. The molecule has 0 bridgehead atoms. The number of nitrogens with zero attached hydrogens (tertiary/aromatic N) is 1. The summed E-state index contributed by atoms with van der Waals surface area (Å²) in [7, 11) is -0.981. The third-order valence-electron chi connectivity index (χ3n) is 5.36. The van der Waals surface area contributed by atoms with E-state index in [0.717, 1.165) is 21.0 Å². The Kier molecular flexibility index (Phi) is 7.28. The Morgan fingerprint density at radius 2 is 1.58 bits per heavy atom. The van der Waals surface area contributed by atoms with E-state index in [1.807, 2.05) is 26.8 Å². The Morgan fingerprint density at radius 1 is 0.879 bits per heavy atom. The number of carbonyl (C=O) groups excluding carboxylic acids is 1. The monoisotopic (exact) mass is 468 g/mol. The molecular formula is C25H28N2O5S. The Balaban J connectivity index is 1.97. The number of rotatable bonds is 8. The molecule has 7 nitrogen and oxygen atoms in total. The minimum atomic E-state index is -3.99. The summed E-state index contributed by atoms with van der Waals surface area (Å²) >= 11 is 0. The molecule has 0 aliphatic carbocycles. The number of methoxy groups -OCH3 is 2. The average molecular weight is 469 g/mol. The van der Waals surface area contributed by atoms with Gasteiger partial charge >= 0.3 is 0 Å². The maximum Gasteiger partial charge on any atom is 0.264 e. The number of benzene rings is 3. The smallest absolute Gasteiger partial charge is 0.264 e. The quantitative estimate of drug-likeness (QED) is 0.528. The van der Waals surface area contributed by atoms with Crippen LogP contribution in [-0.2, 0) is 14.8 Å². The molecular weight excluding hydrogens is 440 g/mol. The summed E-state index contributed by atoms with van der Waals surface area (Å²) in [4.78, 5) is 13.1. The fourth-order valence-electron chi connectivity index (χ4n) is 3.26. The SMILES string of the molecule is COc1ccc(NC(=O)CN(c2ccc(C)c(C)c2)S(=O)(=O)c2ccc(C)cc2)c(OC)c1. The van der Waals surface area contributed by atoms with E-state index in [1.165, 1.54) is 14.2 Å². The molecule has 0 aliphatic rings. The predicted octanol–water partition coefficient (Wildman–Crippen LogP) is 4.46. The Morgan fingerprint density at radius 3 is 2.18 bits per heavy atom. The summed E-state index contributed by atoms with van der Waals surface area (Å²) < 4.78 is 38.7. The van der Waals surface area contributed by atoms with E-state index in [9.17, 15) is 13.2 Å². The Bertz CT molecular complexity index is 1250. The van der Waals surface area contributed by atoms with Gasteiger partial charge in [0.05, 0.1) is 30.5 Å². The van der Waals surface area contributed by atoms with Crippen LogP contribution in [-0.4, -0.2) is 35.1 Å². The van der Waals surface area contributed by atoms with Crippen LogP contribution in [0.25, 0.3) is 0 Å². The first-order valence-corrected chi connectivity index (χ1v) is 11.8. The van der Waals surface area contributed by atoms with E-state index < -0.39 is 22.5 Å². The number of aryl methyl sites for hydroxylation is 3. The zero-order valence-electron chi connectivity index (χ0n) is 19.4. The fourth-order valence-corrected chi connectivity index (χ4v) is 4.67. The minimum absolute atomic E-state index is 0.112. The first-order valence-electron chi connectivity index (χ1n) is 10.3. The van der Waals surface area contributed by atoms with Crippen LogP contribution in [0.1, 0.15) is 16.7 Å². The molecule has 0 atom stereocenters. The van der Waals surface area contributed by atoms with Gasteiger partial charge in [-0.15, -0.1) is 0 Å².